The molecule has 2 N–H and O–H groups in total. The van der Waals surface area contributed by atoms with E-state index in [1.165, 1.54) is 0 Å². The van der Waals surface area contributed by atoms with E-state index < -0.39 is 5.54 Å². The van der Waals surface area contributed by atoms with Crippen LogP contribution < -0.4 is 5.73 Å². The first-order valence-electron chi connectivity index (χ1n) is 7.57. The lowest BCUT2D eigenvalue weighted by Crippen LogP contribution is -2.65. The maximum absolute atomic E-state index is 12.9. The second kappa shape index (κ2) is 5.35. The number of nitrogens with zero attached hydrogens (tertiary/aromatic N) is 2. The lowest BCUT2D eigenvalue weighted by molar-refractivity contribution is -0.161. The number of nitrogens with two attached hydrogens (primary N) is 1. The van der Waals surface area contributed by atoms with Crippen molar-refractivity contribution in [3.63, 3.8) is 0 Å². The smallest absolute Gasteiger partial charge is 0.247 e. The highest BCUT2D eigenvalue weighted by molar-refractivity contribution is 5.92. The van der Waals surface area contributed by atoms with Crippen molar-refractivity contribution in [2.24, 2.45) is 17.6 Å². The summed E-state index contributed by atoms with van der Waals surface area (Å²) >= 11 is 0. The van der Waals surface area contributed by atoms with Crippen LogP contribution in [-0.4, -0.2) is 53.3 Å². The molecule has 1 aliphatic heterocycles. The fraction of sp³-hybridized carbons (Fsp3) is 0.867. The molecule has 1 aliphatic carbocycles. The molecule has 2 amide bonds. The number of hydrogen-bond acceptors (Lipinski definition) is 3. The maximum Gasteiger partial charge on any atom is 0.247 e. The van der Waals surface area contributed by atoms with E-state index in [0.717, 1.165) is 19.3 Å². The molecule has 0 radical (unpaired) electrons. The van der Waals surface area contributed by atoms with Crippen LogP contribution in [0.2, 0.25) is 0 Å². The minimum absolute atomic E-state index is 0.0184. The van der Waals surface area contributed by atoms with Gasteiger partial charge in [0.1, 0.15) is 5.54 Å². The third-order valence-electron chi connectivity index (χ3n) is 5.02. The molecule has 20 heavy (non-hydrogen) atoms. The van der Waals surface area contributed by atoms with Gasteiger partial charge in [0.15, 0.2) is 0 Å². The minimum atomic E-state index is -0.745. The SMILES string of the molecule is CC1CCC(N)CC1C(=O)N1CCN(C)C(=O)C1(C)C. The average molecular weight is 281 g/mol. The Balaban J connectivity index is 2.17. The summed E-state index contributed by atoms with van der Waals surface area (Å²) in [5.74, 6) is 0.450. The zero-order chi connectivity index (χ0) is 15.1. The van der Waals surface area contributed by atoms with Gasteiger partial charge in [-0.1, -0.05) is 6.92 Å². The molecule has 114 valence electrons. The van der Waals surface area contributed by atoms with Crippen LogP contribution in [0.15, 0.2) is 0 Å². The van der Waals surface area contributed by atoms with Gasteiger partial charge in [-0.15, -0.1) is 0 Å². The standard InChI is InChI=1S/C15H27N3O2/c1-10-5-6-11(16)9-12(10)13(19)18-8-7-17(4)14(20)15(18,2)3/h10-12H,5-9,16H2,1-4H3. The molecule has 0 bridgehead atoms. The van der Waals surface area contributed by atoms with E-state index in [-0.39, 0.29) is 23.8 Å². The summed E-state index contributed by atoms with van der Waals surface area (Å²) in [5, 5.41) is 0. The Morgan fingerprint density at radius 2 is 1.95 bits per heavy atom. The van der Waals surface area contributed by atoms with Gasteiger partial charge in [0.2, 0.25) is 11.8 Å². The average Bonchev–Trinajstić information content (AvgIpc) is 2.38. The summed E-state index contributed by atoms with van der Waals surface area (Å²) in [7, 11) is 1.80. The molecular formula is C15H27N3O2. The third kappa shape index (κ3) is 2.55. The first-order chi connectivity index (χ1) is 9.25. The van der Waals surface area contributed by atoms with E-state index >= 15 is 0 Å². The zero-order valence-electron chi connectivity index (χ0n) is 13.1. The van der Waals surface area contributed by atoms with Crippen molar-refractivity contribution in [2.45, 2.75) is 51.6 Å². The van der Waals surface area contributed by atoms with E-state index in [1.54, 1.807) is 16.8 Å². The zero-order valence-corrected chi connectivity index (χ0v) is 13.1. The molecular weight excluding hydrogens is 254 g/mol. The lowest BCUT2D eigenvalue weighted by atomic mass is 9.76. The van der Waals surface area contributed by atoms with E-state index in [4.69, 9.17) is 5.73 Å². The fourth-order valence-corrected chi connectivity index (χ4v) is 3.50. The fourth-order valence-electron chi connectivity index (χ4n) is 3.50. The van der Waals surface area contributed by atoms with Gasteiger partial charge in [0.25, 0.3) is 0 Å². The predicted octanol–water partition coefficient (Wildman–Crippen LogP) is 0.829. The van der Waals surface area contributed by atoms with Crippen LogP contribution >= 0.6 is 0 Å². The maximum atomic E-state index is 12.9. The number of carbonyl (C=O) groups is 2. The van der Waals surface area contributed by atoms with Crippen LogP contribution in [0.25, 0.3) is 0 Å². The molecule has 0 spiro atoms. The topological polar surface area (TPSA) is 66.6 Å². The lowest BCUT2D eigenvalue weighted by Gasteiger charge is -2.47. The van der Waals surface area contributed by atoms with E-state index in [1.807, 2.05) is 13.8 Å². The molecule has 2 aliphatic rings. The molecule has 1 saturated heterocycles. The highest BCUT2D eigenvalue weighted by Crippen LogP contribution is 2.33. The Morgan fingerprint density at radius 1 is 1.30 bits per heavy atom. The van der Waals surface area contributed by atoms with Crippen LogP contribution in [0.3, 0.4) is 0 Å². The number of carbonyl (C=O) groups excluding carboxylic acids is 2. The summed E-state index contributed by atoms with van der Waals surface area (Å²) < 4.78 is 0. The molecule has 0 aromatic rings. The van der Waals surface area contributed by atoms with Crippen molar-refractivity contribution < 1.29 is 9.59 Å². The summed E-state index contributed by atoms with van der Waals surface area (Å²) in [6, 6.07) is 0.117. The first kappa shape index (κ1) is 15.3. The number of piperazine rings is 1. The number of rotatable bonds is 1. The summed E-state index contributed by atoms with van der Waals surface area (Å²) in [5.41, 5.74) is 5.28. The number of likely N-dealkylation sites (N-methyl/N-ethyl adjacent to an activating group) is 1. The van der Waals surface area contributed by atoms with Crippen LogP contribution in [-0.2, 0) is 9.59 Å². The molecule has 2 fully saturated rings. The van der Waals surface area contributed by atoms with Crippen molar-refractivity contribution in [2.75, 3.05) is 20.1 Å². The van der Waals surface area contributed by atoms with E-state index in [9.17, 15) is 9.59 Å². The molecule has 2 rings (SSSR count). The molecule has 3 unspecified atom stereocenters. The van der Waals surface area contributed by atoms with Crippen LogP contribution in [0.1, 0.15) is 40.0 Å². The van der Waals surface area contributed by atoms with Gasteiger partial charge in [-0.2, -0.15) is 0 Å². The molecule has 5 nitrogen and oxygen atoms in total. The molecule has 0 aromatic carbocycles. The Bertz CT molecular complexity index is 408. The normalized spacial score (nSPS) is 34.2. The first-order valence-corrected chi connectivity index (χ1v) is 7.57. The van der Waals surface area contributed by atoms with E-state index in [2.05, 4.69) is 6.92 Å². The van der Waals surface area contributed by atoms with Gasteiger partial charge in [0.05, 0.1) is 0 Å². The second-order valence-electron chi connectivity index (χ2n) is 6.93. The summed E-state index contributed by atoms with van der Waals surface area (Å²) in [6.45, 7) is 7.04. The third-order valence-corrected chi connectivity index (χ3v) is 5.02. The van der Waals surface area contributed by atoms with Gasteiger partial charge >= 0.3 is 0 Å². The molecule has 1 heterocycles. The number of hydrogen-bond donors (Lipinski definition) is 1. The second-order valence-corrected chi connectivity index (χ2v) is 6.93. The summed E-state index contributed by atoms with van der Waals surface area (Å²) in [4.78, 5) is 28.7. The quantitative estimate of drug-likeness (QED) is 0.774. The van der Waals surface area contributed by atoms with Crippen molar-refractivity contribution in [3.05, 3.63) is 0 Å². The highest BCUT2D eigenvalue weighted by Gasteiger charge is 2.46. The summed E-state index contributed by atoms with van der Waals surface area (Å²) in [6.07, 6.45) is 2.74. The Morgan fingerprint density at radius 3 is 2.60 bits per heavy atom. The van der Waals surface area contributed by atoms with Gasteiger partial charge in [-0.25, -0.2) is 0 Å². The van der Waals surface area contributed by atoms with Gasteiger partial charge in [-0.05, 0) is 39.0 Å². The molecule has 5 heteroatoms. The van der Waals surface area contributed by atoms with Gasteiger partial charge in [0, 0.05) is 32.1 Å². The van der Waals surface area contributed by atoms with Crippen molar-refractivity contribution in [3.8, 4) is 0 Å². The van der Waals surface area contributed by atoms with Crippen LogP contribution in [0, 0.1) is 11.8 Å². The Labute approximate surface area is 121 Å². The number of amides is 2. The molecule has 3 atom stereocenters. The van der Waals surface area contributed by atoms with Crippen molar-refractivity contribution in [1.29, 1.82) is 0 Å². The Hall–Kier alpha value is -1.10. The van der Waals surface area contributed by atoms with Gasteiger partial charge < -0.3 is 15.5 Å². The Kier molecular flexibility index (Phi) is 4.09. The highest BCUT2D eigenvalue weighted by atomic mass is 16.2. The van der Waals surface area contributed by atoms with Crippen LogP contribution in [0.4, 0.5) is 0 Å². The predicted molar refractivity (Wildman–Crippen MR) is 77.9 cm³/mol. The van der Waals surface area contributed by atoms with Gasteiger partial charge in [-0.3, -0.25) is 9.59 Å². The largest absolute Gasteiger partial charge is 0.342 e. The van der Waals surface area contributed by atoms with Crippen molar-refractivity contribution >= 4 is 11.8 Å². The monoisotopic (exact) mass is 281 g/mol. The molecule has 0 aromatic heterocycles. The van der Waals surface area contributed by atoms with Crippen LogP contribution in [0.5, 0.6) is 0 Å². The minimum Gasteiger partial charge on any atom is -0.342 e. The molecule has 1 saturated carbocycles. The van der Waals surface area contributed by atoms with E-state index in [0.29, 0.717) is 19.0 Å². The van der Waals surface area contributed by atoms with Crippen molar-refractivity contribution in [1.82, 2.24) is 9.80 Å².